The van der Waals surface area contributed by atoms with Gasteiger partial charge in [0.05, 0.1) is 0 Å². The Morgan fingerprint density at radius 2 is 2.21 bits per heavy atom. The molecule has 1 fully saturated rings. The average molecular weight is 196 g/mol. The first-order valence-electron chi connectivity index (χ1n) is 5.69. The molecular weight excluding hydrogens is 172 g/mol. The zero-order valence-electron chi connectivity index (χ0n) is 9.60. The summed E-state index contributed by atoms with van der Waals surface area (Å²) in [6, 6.07) is 0.746. The van der Waals surface area contributed by atoms with Crippen molar-refractivity contribution in [3.05, 3.63) is 12.7 Å². The maximum atomic E-state index is 3.67. The zero-order valence-corrected chi connectivity index (χ0v) is 9.60. The predicted octanol–water partition coefficient (Wildman–Crippen LogP) is 1.93. The Kier molecular flexibility index (Phi) is 4.63. The fourth-order valence-corrected chi connectivity index (χ4v) is 2.18. The highest BCUT2D eigenvalue weighted by molar-refractivity contribution is 4.86. The second-order valence-electron chi connectivity index (χ2n) is 5.05. The molecule has 2 N–H and O–H groups in total. The molecule has 14 heavy (non-hydrogen) atoms. The van der Waals surface area contributed by atoms with Gasteiger partial charge < -0.3 is 10.6 Å². The van der Waals surface area contributed by atoms with Gasteiger partial charge in [-0.3, -0.25) is 0 Å². The standard InChI is InChI=1S/C12H24N2/c1-4-7-13-8-9-14-11-5-6-12(2,3)10-11/h4,11,13-14H,1,5-10H2,2-3H3. The molecular formula is C12H24N2. The summed E-state index contributed by atoms with van der Waals surface area (Å²) in [7, 11) is 0. The molecule has 1 saturated carbocycles. The van der Waals surface area contributed by atoms with Gasteiger partial charge in [-0.15, -0.1) is 6.58 Å². The molecule has 0 aromatic heterocycles. The van der Waals surface area contributed by atoms with Gasteiger partial charge in [-0.25, -0.2) is 0 Å². The van der Waals surface area contributed by atoms with Crippen LogP contribution in [-0.4, -0.2) is 25.7 Å². The van der Waals surface area contributed by atoms with E-state index in [0.29, 0.717) is 5.41 Å². The van der Waals surface area contributed by atoms with Crippen molar-refractivity contribution in [2.24, 2.45) is 5.41 Å². The summed E-state index contributed by atoms with van der Waals surface area (Å²) in [4.78, 5) is 0. The summed E-state index contributed by atoms with van der Waals surface area (Å²) in [5.74, 6) is 0. The second-order valence-corrected chi connectivity index (χ2v) is 5.05. The minimum absolute atomic E-state index is 0.562. The fourth-order valence-electron chi connectivity index (χ4n) is 2.18. The molecule has 0 saturated heterocycles. The van der Waals surface area contributed by atoms with Crippen LogP contribution in [0.1, 0.15) is 33.1 Å². The number of nitrogens with one attached hydrogen (secondary N) is 2. The lowest BCUT2D eigenvalue weighted by Gasteiger charge is -2.17. The van der Waals surface area contributed by atoms with Crippen LogP contribution in [0.15, 0.2) is 12.7 Å². The van der Waals surface area contributed by atoms with Crippen molar-refractivity contribution in [3.8, 4) is 0 Å². The van der Waals surface area contributed by atoms with Gasteiger partial charge in [-0.1, -0.05) is 19.9 Å². The average Bonchev–Trinajstić information content (AvgIpc) is 2.45. The molecule has 1 unspecified atom stereocenters. The van der Waals surface area contributed by atoms with Crippen molar-refractivity contribution in [1.29, 1.82) is 0 Å². The Morgan fingerprint density at radius 3 is 2.79 bits per heavy atom. The van der Waals surface area contributed by atoms with Crippen LogP contribution in [0.3, 0.4) is 0 Å². The van der Waals surface area contributed by atoms with Crippen LogP contribution in [0.2, 0.25) is 0 Å². The van der Waals surface area contributed by atoms with Gasteiger partial charge in [0.15, 0.2) is 0 Å². The third-order valence-electron chi connectivity index (χ3n) is 2.99. The fraction of sp³-hybridized carbons (Fsp3) is 0.833. The van der Waals surface area contributed by atoms with E-state index in [1.807, 2.05) is 6.08 Å². The Balaban J connectivity index is 2.00. The van der Waals surface area contributed by atoms with Crippen molar-refractivity contribution in [2.45, 2.75) is 39.2 Å². The number of hydrogen-bond acceptors (Lipinski definition) is 2. The third kappa shape index (κ3) is 4.25. The van der Waals surface area contributed by atoms with E-state index in [0.717, 1.165) is 25.7 Å². The molecule has 2 heteroatoms. The van der Waals surface area contributed by atoms with E-state index in [9.17, 15) is 0 Å². The largest absolute Gasteiger partial charge is 0.313 e. The maximum absolute atomic E-state index is 3.67. The van der Waals surface area contributed by atoms with E-state index in [1.165, 1.54) is 19.3 Å². The summed E-state index contributed by atoms with van der Waals surface area (Å²) in [5, 5.41) is 6.90. The predicted molar refractivity (Wildman–Crippen MR) is 62.5 cm³/mol. The minimum Gasteiger partial charge on any atom is -0.313 e. The lowest BCUT2D eigenvalue weighted by molar-refractivity contribution is 0.364. The first-order valence-corrected chi connectivity index (χ1v) is 5.69. The Hall–Kier alpha value is -0.340. The van der Waals surface area contributed by atoms with Crippen LogP contribution in [0.25, 0.3) is 0 Å². The summed E-state index contributed by atoms with van der Waals surface area (Å²) >= 11 is 0. The lowest BCUT2D eigenvalue weighted by Crippen LogP contribution is -2.34. The normalized spacial score (nSPS) is 25.1. The van der Waals surface area contributed by atoms with Gasteiger partial charge in [-0.2, -0.15) is 0 Å². The van der Waals surface area contributed by atoms with Crippen molar-refractivity contribution in [1.82, 2.24) is 10.6 Å². The quantitative estimate of drug-likeness (QED) is 0.501. The molecule has 0 heterocycles. The van der Waals surface area contributed by atoms with E-state index >= 15 is 0 Å². The first-order chi connectivity index (χ1) is 6.64. The molecule has 82 valence electrons. The first kappa shape index (κ1) is 11.7. The van der Waals surface area contributed by atoms with E-state index in [4.69, 9.17) is 0 Å². The monoisotopic (exact) mass is 196 g/mol. The van der Waals surface area contributed by atoms with Gasteiger partial charge in [-0.05, 0) is 24.7 Å². The van der Waals surface area contributed by atoms with Crippen molar-refractivity contribution >= 4 is 0 Å². The molecule has 0 spiro atoms. The minimum atomic E-state index is 0.562. The second kappa shape index (κ2) is 5.52. The smallest absolute Gasteiger partial charge is 0.0132 e. The molecule has 1 rings (SSSR count). The van der Waals surface area contributed by atoms with Gasteiger partial charge in [0.2, 0.25) is 0 Å². The van der Waals surface area contributed by atoms with Crippen LogP contribution >= 0.6 is 0 Å². The Bertz CT molecular complexity index is 175. The highest BCUT2D eigenvalue weighted by Gasteiger charge is 2.30. The summed E-state index contributed by atoms with van der Waals surface area (Å²) in [5.41, 5.74) is 0.562. The van der Waals surface area contributed by atoms with Crippen LogP contribution < -0.4 is 10.6 Å². The molecule has 0 bridgehead atoms. The van der Waals surface area contributed by atoms with Crippen molar-refractivity contribution < 1.29 is 0 Å². The van der Waals surface area contributed by atoms with Crippen molar-refractivity contribution in [2.75, 3.05) is 19.6 Å². The van der Waals surface area contributed by atoms with E-state index < -0.39 is 0 Å². The van der Waals surface area contributed by atoms with Crippen LogP contribution in [0, 0.1) is 5.41 Å². The molecule has 0 amide bonds. The van der Waals surface area contributed by atoms with E-state index in [1.54, 1.807) is 0 Å². The maximum Gasteiger partial charge on any atom is 0.0132 e. The van der Waals surface area contributed by atoms with E-state index in [-0.39, 0.29) is 0 Å². The topological polar surface area (TPSA) is 24.1 Å². The molecule has 0 aromatic carbocycles. The van der Waals surface area contributed by atoms with Gasteiger partial charge in [0.25, 0.3) is 0 Å². The van der Waals surface area contributed by atoms with Crippen LogP contribution in [-0.2, 0) is 0 Å². The lowest BCUT2D eigenvalue weighted by atomic mass is 9.92. The number of rotatable bonds is 6. The highest BCUT2D eigenvalue weighted by atomic mass is 15.0. The summed E-state index contributed by atoms with van der Waals surface area (Å²) in [6.07, 6.45) is 5.94. The van der Waals surface area contributed by atoms with Crippen LogP contribution in [0.5, 0.6) is 0 Å². The Morgan fingerprint density at radius 1 is 1.43 bits per heavy atom. The molecule has 1 atom stereocenters. The van der Waals surface area contributed by atoms with Gasteiger partial charge in [0, 0.05) is 25.7 Å². The molecule has 1 aliphatic carbocycles. The molecule has 0 aromatic rings. The summed E-state index contributed by atoms with van der Waals surface area (Å²) in [6.45, 7) is 11.4. The van der Waals surface area contributed by atoms with Gasteiger partial charge >= 0.3 is 0 Å². The molecule has 0 aliphatic heterocycles. The van der Waals surface area contributed by atoms with Crippen LogP contribution in [0.4, 0.5) is 0 Å². The van der Waals surface area contributed by atoms with Gasteiger partial charge in [0.1, 0.15) is 0 Å². The van der Waals surface area contributed by atoms with E-state index in [2.05, 4.69) is 31.1 Å². The summed E-state index contributed by atoms with van der Waals surface area (Å²) < 4.78 is 0. The zero-order chi connectivity index (χ0) is 10.4. The third-order valence-corrected chi connectivity index (χ3v) is 2.99. The highest BCUT2D eigenvalue weighted by Crippen LogP contribution is 2.36. The molecule has 2 nitrogen and oxygen atoms in total. The van der Waals surface area contributed by atoms with Crippen molar-refractivity contribution in [3.63, 3.8) is 0 Å². The number of hydrogen-bond donors (Lipinski definition) is 2. The SMILES string of the molecule is C=CCNCCNC1CCC(C)(C)C1. The molecule has 0 radical (unpaired) electrons. The Labute approximate surface area is 88.2 Å². The molecule has 1 aliphatic rings.